The van der Waals surface area contributed by atoms with E-state index in [0.717, 1.165) is 0 Å². The van der Waals surface area contributed by atoms with E-state index >= 15 is 0 Å². The van der Waals surface area contributed by atoms with Gasteiger partial charge < -0.3 is 10.6 Å². The first-order valence-corrected chi connectivity index (χ1v) is 6.51. The summed E-state index contributed by atoms with van der Waals surface area (Å²) in [5.74, 6) is -0.260. The molecule has 0 unspecified atom stereocenters. The minimum Gasteiger partial charge on any atom is -0.364 e. The molecule has 5 nitrogen and oxygen atoms in total. The third-order valence-electron chi connectivity index (χ3n) is 2.47. The van der Waals surface area contributed by atoms with Gasteiger partial charge in [0.15, 0.2) is 0 Å². The standard InChI is InChI=1S/C15H17FN4O/c1-15(2,3)20-13-9-17-12(8-18-13)14(21)19-11-6-4-5-10(16)7-11/h4-9H,1-3H3,(H,18,20)(H,19,21). The molecule has 0 aliphatic heterocycles. The van der Waals surface area contributed by atoms with Crippen molar-refractivity contribution in [2.24, 2.45) is 0 Å². The highest BCUT2D eigenvalue weighted by molar-refractivity contribution is 6.02. The molecule has 110 valence electrons. The van der Waals surface area contributed by atoms with Crippen LogP contribution in [0.3, 0.4) is 0 Å². The van der Waals surface area contributed by atoms with Gasteiger partial charge in [-0.05, 0) is 39.0 Å². The Morgan fingerprint density at radius 2 is 1.95 bits per heavy atom. The number of rotatable bonds is 3. The van der Waals surface area contributed by atoms with Crippen molar-refractivity contribution >= 4 is 17.4 Å². The molecule has 0 saturated heterocycles. The Morgan fingerprint density at radius 3 is 2.52 bits per heavy atom. The summed E-state index contributed by atoms with van der Waals surface area (Å²) < 4.78 is 13.0. The van der Waals surface area contributed by atoms with Crippen molar-refractivity contribution in [2.45, 2.75) is 26.3 Å². The van der Waals surface area contributed by atoms with Crippen molar-refractivity contribution in [3.05, 3.63) is 48.2 Å². The smallest absolute Gasteiger partial charge is 0.275 e. The molecule has 0 saturated carbocycles. The second-order valence-corrected chi connectivity index (χ2v) is 5.63. The zero-order chi connectivity index (χ0) is 15.5. The molecule has 6 heteroatoms. The first-order chi connectivity index (χ1) is 9.83. The maximum atomic E-state index is 13.0. The van der Waals surface area contributed by atoms with Crippen LogP contribution in [0.2, 0.25) is 0 Å². The third kappa shape index (κ3) is 4.52. The summed E-state index contributed by atoms with van der Waals surface area (Å²) in [7, 11) is 0. The number of nitrogens with one attached hydrogen (secondary N) is 2. The second-order valence-electron chi connectivity index (χ2n) is 5.63. The highest BCUT2D eigenvalue weighted by Crippen LogP contribution is 2.12. The van der Waals surface area contributed by atoms with Crippen molar-refractivity contribution in [1.29, 1.82) is 0 Å². The Bertz CT molecular complexity index is 635. The predicted octanol–water partition coefficient (Wildman–Crippen LogP) is 3.08. The summed E-state index contributed by atoms with van der Waals surface area (Å²) in [6, 6.07) is 5.67. The van der Waals surface area contributed by atoms with Gasteiger partial charge in [0.1, 0.15) is 17.3 Å². The fraction of sp³-hybridized carbons (Fsp3) is 0.267. The van der Waals surface area contributed by atoms with Crippen molar-refractivity contribution in [1.82, 2.24) is 9.97 Å². The molecule has 0 atom stereocenters. The van der Waals surface area contributed by atoms with Crippen molar-refractivity contribution < 1.29 is 9.18 Å². The van der Waals surface area contributed by atoms with E-state index in [0.29, 0.717) is 11.5 Å². The largest absolute Gasteiger partial charge is 0.364 e. The molecular weight excluding hydrogens is 271 g/mol. The lowest BCUT2D eigenvalue weighted by Gasteiger charge is -2.20. The van der Waals surface area contributed by atoms with Crippen molar-refractivity contribution in [3.63, 3.8) is 0 Å². The van der Waals surface area contributed by atoms with Crippen LogP contribution >= 0.6 is 0 Å². The molecule has 0 bridgehead atoms. The maximum Gasteiger partial charge on any atom is 0.275 e. The van der Waals surface area contributed by atoms with E-state index in [2.05, 4.69) is 20.6 Å². The van der Waals surface area contributed by atoms with Gasteiger partial charge in [-0.25, -0.2) is 14.4 Å². The van der Waals surface area contributed by atoms with Gasteiger partial charge in [0.05, 0.1) is 12.4 Å². The van der Waals surface area contributed by atoms with Gasteiger partial charge in [0.25, 0.3) is 5.91 Å². The molecule has 2 rings (SSSR count). The highest BCUT2D eigenvalue weighted by Gasteiger charge is 2.12. The van der Waals surface area contributed by atoms with E-state index in [-0.39, 0.29) is 11.2 Å². The minimum atomic E-state index is -0.435. The molecule has 1 heterocycles. The first-order valence-electron chi connectivity index (χ1n) is 6.51. The lowest BCUT2D eigenvalue weighted by Crippen LogP contribution is -2.27. The average molecular weight is 288 g/mol. The van der Waals surface area contributed by atoms with E-state index in [1.807, 2.05) is 20.8 Å². The van der Waals surface area contributed by atoms with Crippen LogP contribution in [0.1, 0.15) is 31.3 Å². The van der Waals surface area contributed by atoms with Gasteiger partial charge in [-0.15, -0.1) is 0 Å². The Hall–Kier alpha value is -2.50. The van der Waals surface area contributed by atoms with Crippen LogP contribution in [0, 0.1) is 5.82 Å². The predicted molar refractivity (Wildman–Crippen MR) is 79.8 cm³/mol. The summed E-state index contributed by atoms with van der Waals surface area (Å²) in [5, 5.41) is 5.71. The summed E-state index contributed by atoms with van der Waals surface area (Å²) in [5.41, 5.74) is 0.400. The third-order valence-corrected chi connectivity index (χ3v) is 2.47. The quantitative estimate of drug-likeness (QED) is 0.911. The van der Waals surface area contributed by atoms with E-state index in [9.17, 15) is 9.18 Å². The van der Waals surface area contributed by atoms with Crippen LogP contribution in [0.5, 0.6) is 0 Å². The van der Waals surface area contributed by atoms with E-state index in [1.165, 1.54) is 30.6 Å². The molecule has 0 spiro atoms. The summed E-state index contributed by atoms with van der Waals surface area (Å²) >= 11 is 0. The van der Waals surface area contributed by atoms with Gasteiger partial charge in [-0.2, -0.15) is 0 Å². The molecular formula is C15H17FN4O. The molecule has 0 aliphatic rings. The average Bonchev–Trinajstić information content (AvgIpc) is 2.37. The van der Waals surface area contributed by atoms with Crippen LogP contribution in [0.4, 0.5) is 15.9 Å². The maximum absolute atomic E-state index is 13.0. The number of carbonyl (C=O) groups is 1. The van der Waals surface area contributed by atoms with Gasteiger partial charge in [-0.1, -0.05) is 6.07 Å². The van der Waals surface area contributed by atoms with Crippen LogP contribution in [-0.2, 0) is 0 Å². The summed E-state index contributed by atoms with van der Waals surface area (Å²) in [4.78, 5) is 20.2. The molecule has 1 aromatic heterocycles. The Labute approximate surface area is 122 Å². The molecule has 0 aliphatic carbocycles. The van der Waals surface area contributed by atoms with Crippen LogP contribution in [0.25, 0.3) is 0 Å². The van der Waals surface area contributed by atoms with Crippen LogP contribution < -0.4 is 10.6 Å². The molecule has 2 aromatic rings. The summed E-state index contributed by atoms with van der Waals surface area (Å²) in [6.45, 7) is 6.00. The zero-order valence-electron chi connectivity index (χ0n) is 12.1. The number of carbonyl (C=O) groups excluding carboxylic acids is 1. The minimum absolute atomic E-state index is 0.139. The van der Waals surface area contributed by atoms with Crippen molar-refractivity contribution in [3.8, 4) is 0 Å². The SMILES string of the molecule is CC(C)(C)Nc1cnc(C(=O)Nc2cccc(F)c2)cn1. The molecule has 1 aromatic carbocycles. The molecule has 1 amide bonds. The van der Waals surface area contributed by atoms with E-state index in [1.54, 1.807) is 6.07 Å². The number of anilines is 2. The molecule has 21 heavy (non-hydrogen) atoms. The fourth-order valence-electron chi connectivity index (χ4n) is 1.66. The van der Waals surface area contributed by atoms with E-state index < -0.39 is 11.7 Å². The van der Waals surface area contributed by atoms with Gasteiger partial charge >= 0.3 is 0 Å². The number of aromatic nitrogens is 2. The zero-order valence-corrected chi connectivity index (χ0v) is 12.1. The first kappa shape index (κ1) is 14.9. The number of hydrogen-bond donors (Lipinski definition) is 2. The molecule has 0 radical (unpaired) electrons. The van der Waals surface area contributed by atoms with Crippen LogP contribution in [0.15, 0.2) is 36.7 Å². The van der Waals surface area contributed by atoms with Crippen molar-refractivity contribution in [2.75, 3.05) is 10.6 Å². The fourth-order valence-corrected chi connectivity index (χ4v) is 1.66. The van der Waals surface area contributed by atoms with Crippen LogP contribution in [-0.4, -0.2) is 21.4 Å². The lowest BCUT2D eigenvalue weighted by atomic mass is 10.1. The second kappa shape index (κ2) is 5.87. The van der Waals surface area contributed by atoms with Gasteiger partial charge in [0, 0.05) is 11.2 Å². The van der Waals surface area contributed by atoms with Gasteiger partial charge in [0.2, 0.25) is 0 Å². The molecule has 2 N–H and O–H groups in total. The highest BCUT2D eigenvalue weighted by atomic mass is 19.1. The number of hydrogen-bond acceptors (Lipinski definition) is 4. The Morgan fingerprint density at radius 1 is 1.19 bits per heavy atom. The normalized spacial score (nSPS) is 11.0. The molecule has 0 fully saturated rings. The topological polar surface area (TPSA) is 66.9 Å². The Balaban J connectivity index is 2.06. The number of nitrogens with zero attached hydrogens (tertiary/aromatic N) is 2. The summed E-state index contributed by atoms with van der Waals surface area (Å²) in [6.07, 6.45) is 2.87. The number of benzene rings is 1. The van der Waals surface area contributed by atoms with E-state index in [4.69, 9.17) is 0 Å². The number of halogens is 1. The Kier molecular flexibility index (Phi) is 4.16. The monoisotopic (exact) mass is 288 g/mol. The lowest BCUT2D eigenvalue weighted by molar-refractivity contribution is 0.102. The number of amides is 1. The van der Waals surface area contributed by atoms with Gasteiger partial charge in [-0.3, -0.25) is 4.79 Å².